The average molecular weight is 347 g/mol. The lowest BCUT2D eigenvalue weighted by molar-refractivity contribution is -0.122. The van der Waals surface area contributed by atoms with Gasteiger partial charge in [-0.3, -0.25) is 4.79 Å². The molecule has 0 bridgehead atoms. The summed E-state index contributed by atoms with van der Waals surface area (Å²) in [4.78, 5) is 12.3. The van der Waals surface area contributed by atoms with Crippen molar-refractivity contribution in [1.82, 2.24) is 0 Å². The van der Waals surface area contributed by atoms with Crippen molar-refractivity contribution >= 4 is 33.2 Å². The number of anilines is 2. The molecule has 0 fully saturated rings. The molecule has 0 aromatic heterocycles. The Balaban J connectivity index is 1.72. The van der Waals surface area contributed by atoms with E-state index in [4.69, 9.17) is 4.74 Å². The summed E-state index contributed by atoms with van der Waals surface area (Å²) in [5, 5.41) is 6.12. The minimum Gasteiger partial charge on any atom is -0.477 e. The standard InChI is InChI=1S/C16H15BrN2O2/c1-10-8-11(17)6-7-12(10)19-16(20)15-9-18-13-4-2-3-5-14(13)21-15/h2-8,15,18H,9H2,1H3,(H,19,20). The molecular formula is C16H15BrN2O2. The molecule has 1 unspecified atom stereocenters. The molecule has 21 heavy (non-hydrogen) atoms. The highest BCUT2D eigenvalue weighted by Crippen LogP contribution is 2.28. The van der Waals surface area contributed by atoms with Gasteiger partial charge in [-0.15, -0.1) is 0 Å². The van der Waals surface area contributed by atoms with E-state index in [0.717, 1.165) is 21.4 Å². The van der Waals surface area contributed by atoms with Gasteiger partial charge in [-0.05, 0) is 42.8 Å². The lowest BCUT2D eigenvalue weighted by atomic mass is 10.2. The van der Waals surface area contributed by atoms with Crippen LogP contribution in [0.25, 0.3) is 0 Å². The highest BCUT2D eigenvalue weighted by molar-refractivity contribution is 9.10. The SMILES string of the molecule is Cc1cc(Br)ccc1NC(=O)C1CNc2ccccc2O1. The number of fused-ring (bicyclic) bond motifs is 1. The summed E-state index contributed by atoms with van der Waals surface area (Å²) in [6.07, 6.45) is -0.539. The second-order valence-corrected chi connectivity index (χ2v) is 5.85. The number of nitrogens with one attached hydrogen (secondary N) is 2. The summed E-state index contributed by atoms with van der Waals surface area (Å²) >= 11 is 3.41. The van der Waals surface area contributed by atoms with Crippen LogP contribution in [0.1, 0.15) is 5.56 Å². The van der Waals surface area contributed by atoms with Crippen molar-refractivity contribution in [2.45, 2.75) is 13.0 Å². The van der Waals surface area contributed by atoms with E-state index in [2.05, 4.69) is 26.6 Å². The molecule has 1 amide bonds. The van der Waals surface area contributed by atoms with Crippen molar-refractivity contribution in [1.29, 1.82) is 0 Å². The van der Waals surface area contributed by atoms with E-state index < -0.39 is 6.10 Å². The van der Waals surface area contributed by atoms with E-state index in [-0.39, 0.29) is 5.91 Å². The van der Waals surface area contributed by atoms with Crippen LogP contribution >= 0.6 is 15.9 Å². The Bertz CT molecular complexity index is 688. The minimum absolute atomic E-state index is 0.151. The number of ether oxygens (including phenoxy) is 1. The maximum absolute atomic E-state index is 12.3. The van der Waals surface area contributed by atoms with Gasteiger partial charge in [0.1, 0.15) is 5.75 Å². The number of aryl methyl sites for hydroxylation is 1. The maximum Gasteiger partial charge on any atom is 0.267 e. The summed E-state index contributed by atoms with van der Waals surface area (Å²) in [5.74, 6) is 0.554. The molecule has 0 spiro atoms. The highest BCUT2D eigenvalue weighted by atomic mass is 79.9. The van der Waals surface area contributed by atoms with Gasteiger partial charge in [0.05, 0.1) is 12.2 Å². The fourth-order valence-electron chi connectivity index (χ4n) is 2.24. The molecule has 2 N–H and O–H groups in total. The van der Waals surface area contributed by atoms with Crippen molar-refractivity contribution in [2.24, 2.45) is 0 Å². The lowest BCUT2D eigenvalue weighted by Crippen LogP contribution is -2.41. The van der Waals surface area contributed by atoms with Crippen LogP contribution in [0.3, 0.4) is 0 Å². The maximum atomic E-state index is 12.3. The average Bonchev–Trinajstić information content (AvgIpc) is 2.49. The van der Waals surface area contributed by atoms with Crippen LogP contribution in [0.2, 0.25) is 0 Å². The minimum atomic E-state index is -0.539. The van der Waals surface area contributed by atoms with Crippen molar-refractivity contribution in [2.75, 3.05) is 17.2 Å². The third kappa shape index (κ3) is 3.03. The summed E-state index contributed by atoms with van der Waals surface area (Å²) < 4.78 is 6.73. The van der Waals surface area contributed by atoms with Crippen LogP contribution in [0.4, 0.5) is 11.4 Å². The van der Waals surface area contributed by atoms with Gasteiger partial charge in [0, 0.05) is 10.2 Å². The number of carbonyl (C=O) groups excluding carboxylic acids is 1. The van der Waals surface area contributed by atoms with Crippen LogP contribution in [0, 0.1) is 6.92 Å². The van der Waals surface area contributed by atoms with Crippen molar-refractivity contribution in [3.63, 3.8) is 0 Å². The molecule has 2 aromatic carbocycles. The smallest absolute Gasteiger partial charge is 0.267 e. The number of rotatable bonds is 2. The summed E-state index contributed by atoms with van der Waals surface area (Å²) in [6.45, 7) is 2.41. The Morgan fingerprint density at radius 1 is 1.33 bits per heavy atom. The summed E-state index contributed by atoms with van der Waals surface area (Å²) in [6, 6.07) is 13.3. The number of hydrogen-bond donors (Lipinski definition) is 2. The first-order valence-electron chi connectivity index (χ1n) is 6.70. The zero-order valence-electron chi connectivity index (χ0n) is 11.5. The Hall–Kier alpha value is -2.01. The summed E-state index contributed by atoms with van der Waals surface area (Å²) in [7, 11) is 0. The number of halogens is 1. The van der Waals surface area contributed by atoms with Gasteiger partial charge < -0.3 is 15.4 Å². The molecule has 108 valence electrons. The van der Waals surface area contributed by atoms with E-state index in [0.29, 0.717) is 12.3 Å². The van der Waals surface area contributed by atoms with Crippen LogP contribution in [0.5, 0.6) is 5.75 Å². The van der Waals surface area contributed by atoms with Crippen LogP contribution in [-0.2, 0) is 4.79 Å². The number of hydrogen-bond acceptors (Lipinski definition) is 3. The topological polar surface area (TPSA) is 50.4 Å². The second-order valence-electron chi connectivity index (χ2n) is 4.93. The Kier molecular flexibility index (Phi) is 3.84. The van der Waals surface area contributed by atoms with Crippen LogP contribution < -0.4 is 15.4 Å². The van der Waals surface area contributed by atoms with Crippen LogP contribution in [0.15, 0.2) is 46.9 Å². The third-order valence-electron chi connectivity index (χ3n) is 3.37. The van der Waals surface area contributed by atoms with Crippen molar-refractivity contribution in [3.8, 4) is 5.75 Å². The van der Waals surface area contributed by atoms with Gasteiger partial charge in [-0.2, -0.15) is 0 Å². The van der Waals surface area contributed by atoms with E-state index in [1.165, 1.54) is 0 Å². The monoisotopic (exact) mass is 346 g/mol. The fourth-order valence-corrected chi connectivity index (χ4v) is 2.72. The van der Waals surface area contributed by atoms with E-state index in [1.807, 2.05) is 49.4 Å². The fraction of sp³-hybridized carbons (Fsp3) is 0.188. The van der Waals surface area contributed by atoms with Gasteiger partial charge in [-0.1, -0.05) is 28.1 Å². The molecule has 0 saturated heterocycles. The molecule has 0 aliphatic carbocycles. The third-order valence-corrected chi connectivity index (χ3v) is 3.87. The molecule has 1 aliphatic rings. The number of benzene rings is 2. The molecule has 1 heterocycles. The number of para-hydroxylation sites is 2. The molecule has 1 aliphatic heterocycles. The van der Waals surface area contributed by atoms with Gasteiger partial charge >= 0.3 is 0 Å². The van der Waals surface area contributed by atoms with Crippen molar-refractivity contribution in [3.05, 3.63) is 52.5 Å². The largest absolute Gasteiger partial charge is 0.477 e. The van der Waals surface area contributed by atoms with E-state index >= 15 is 0 Å². The molecule has 2 aromatic rings. The lowest BCUT2D eigenvalue weighted by Gasteiger charge is -2.26. The zero-order valence-corrected chi connectivity index (χ0v) is 13.1. The molecule has 0 radical (unpaired) electrons. The Morgan fingerprint density at radius 3 is 2.95 bits per heavy atom. The van der Waals surface area contributed by atoms with Crippen LogP contribution in [-0.4, -0.2) is 18.6 Å². The first kappa shape index (κ1) is 13.9. The Labute approximate surface area is 131 Å². The quantitative estimate of drug-likeness (QED) is 0.873. The van der Waals surface area contributed by atoms with Gasteiger partial charge in [0.2, 0.25) is 0 Å². The predicted molar refractivity (Wildman–Crippen MR) is 86.9 cm³/mol. The number of carbonyl (C=O) groups is 1. The van der Waals surface area contributed by atoms with Gasteiger partial charge in [0.15, 0.2) is 6.10 Å². The molecule has 5 heteroatoms. The van der Waals surface area contributed by atoms with Gasteiger partial charge in [0.25, 0.3) is 5.91 Å². The highest BCUT2D eigenvalue weighted by Gasteiger charge is 2.25. The summed E-state index contributed by atoms with van der Waals surface area (Å²) in [5.41, 5.74) is 2.72. The normalized spacial score (nSPS) is 16.4. The predicted octanol–water partition coefficient (Wildman–Crippen LogP) is 3.57. The van der Waals surface area contributed by atoms with E-state index in [1.54, 1.807) is 0 Å². The Morgan fingerprint density at radius 2 is 2.14 bits per heavy atom. The number of amides is 1. The molecular weight excluding hydrogens is 332 g/mol. The zero-order chi connectivity index (χ0) is 14.8. The molecule has 1 atom stereocenters. The van der Waals surface area contributed by atoms with E-state index in [9.17, 15) is 4.79 Å². The van der Waals surface area contributed by atoms with Gasteiger partial charge in [-0.25, -0.2) is 0 Å². The second kappa shape index (κ2) is 5.77. The molecule has 4 nitrogen and oxygen atoms in total. The first-order valence-corrected chi connectivity index (χ1v) is 7.49. The molecule has 3 rings (SSSR count). The van der Waals surface area contributed by atoms with Crippen molar-refractivity contribution < 1.29 is 9.53 Å². The molecule has 0 saturated carbocycles. The first-order chi connectivity index (χ1) is 10.1.